The molecule has 0 unspecified atom stereocenters. The lowest BCUT2D eigenvalue weighted by molar-refractivity contribution is -0.155. The number of nitrogens with one attached hydrogen (secondary N) is 1. The minimum atomic E-state index is -1.88. The van der Waals surface area contributed by atoms with E-state index in [4.69, 9.17) is 29.5 Å². The second-order valence-corrected chi connectivity index (χ2v) is 11.8. The Bertz CT molecular complexity index is 1490. The smallest absolute Gasteiger partial charge is 0.247 e. The molecule has 8 N–H and O–H groups in total. The van der Waals surface area contributed by atoms with Crippen molar-refractivity contribution in [3.63, 3.8) is 0 Å². The highest BCUT2D eigenvalue weighted by Crippen LogP contribution is 2.36. The molecule has 3 fully saturated rings. The maximum absolute atomic E-state index is 13.8. The zero-order chi connectivity index (χ0) is 33.3. The Morgan fingerprint density at radius 1 is 1.11 bits per heavy atom. The van der Waals surface area contributed by atoms with E-state index in [1.807, 2.05) is 0 Å². The topological polar surface area (TPSA) is 215 Å². The highest BCUT2D eigenvalue weighted by molar-refractivity contribution is 5.97. The molecular weight excluding hydrogens is 609 g/mol. The van der Waals surface area contributed by atoms with Gasteiger partial charge in [0.2, 0.25) is 12.2 Å². The lowest BCUT2D eigenvalue weighted by Crippen LogP contribution is -2.67. The van der Waals surface area contributed by atoms with Crippen molar-refractivity contribution in [3.8, 4) is 5.75 Å². The number of nitrogens with zero attached hydrogens (tertiary/aromatic N) is 1. The number of hydrogen-bond acceptors (Lipinski definition) is 13. The van der Waals surface area contributed by atoms with E-state index < -0.39 is 72.4 Å². The molecule has 2 aliphatic heterocycles. The van der Waals surface area contributed by atoms with Crippen LogP contribution >= 0.6 is 0 Å². The average molecular weight is 648 g/mol. The third-order valence-corrected chi connectivity index (χ3v) is 8.34. The van der Waals surface area contributed by atoms with Gasteiger partial charge < -0.3 is 60.4 Å². The van der Waals surface area contributed by atoms with Crippen molar-refractivity contribution in [1.29, 1.82) is 0 Å². The molecule has 0 spiro atoms. The second kappa shape index (κ2) is 13.6. The zero-order valence-electron chi connectivity index (χ0n) is 25.3. The van der Waals surface area contributed by atoms with Crippen molar-refractivity contribution in [2.45, 2.75) is 88.0 Å². The van der Waals surface area contributed by atoms with E-state index in [0.717, 1.165) is 0 Å². The number of aliphatic hydroxyl groups excluding tert-OH is 4. The summed E-state index contributed by atoms with van der Waals surface area (Å²) in [5, 5.41) is 59.7. The Kier molecular flexibility index (Phi) is 9.95. The molecule has 5 rings (SSSR count). The molecule has 15 heteroatoms. The van der Waals surface area contributed by atoms with Gasteiger partial charge in [0, 0.05) is 11.1 Å². The SMILES string of the molecule is CC(=Cc1ccc(O[C@@H]2O[C@H](C(C)=NOCc3ccccc3F)[C@@H](O)[C@]2(C)O)c(N)c1)C(=O)N[C@@H]1[C@H](O)[C@@H](O)[C@H]2OCO[C@H]2[C@@H]1O. The molecule has 0 aromatic heterocycles. The molecule has 1 aliphatic carbocycles. The van der Waals surface area contributed by atoms with Gasteiger partial charge in [0.05, 0.1) is 17.4 Å². The Morgan fingerprint density at radius 2 is 1.80 bits per heavy atom. The minimum Gasteiger partial charge on any atom is -0.459 e. The van der Waals surface area contributed by atoms with E-state index in [1.54, 1.807) is 24.3 Å². The number of carbonyl (C=O) groups excluding carboxylic acids is 1. The highest BCUT2D eigenvalue weighted by Gasteiger charge is 2.55. The molecular formula is C31H38FN3O11. The predicted octanol–water partition coefficient (Wildman–Crippen LogP) is -0.0579. The Morgan fingerprint density at radius 3 is 2.50 bits per heavy atom. The van der Waals surface area contributed by atoms with Crippen molar-refractivity contribution in [2.24, 2.45) is 5.16 Å². The van der Waals surface area contributed by atoms with E-state index in [2.05, 4.69) is 10.5 Å². The molecule has 3 aliphatic rings. The van der Waals surface area contributed by atoms with Crippen LogP contribution in [0.1, 0.15) is 31.9 Å². The monoisotopic (exact) mass is 647 g/mol. The molecule has 0 radical (unpaired) electrons. The van der Waals surface area contributed by atoms with Crippen molar-refractivity contribution in [2.75, 3.05) is 12.5 Å². The van der Waals surface area contributed by atoms with Gasteiger partial charge in [-0.1, -0.05) is 29.4 Å². The van der Waals surface area contributed by atoms with E-state index in [1.165, 1.54) is 45.0 Å². The number of nitrogen functional groups attached to an aromatic ring is 1. The Labute approximate surface area is 263 Å². The molecule has 2 aromatic rings. The zero-order valence-corrected chi connectivity index (χ0v) is 25.3. The van der Waals surface area contributed by atoms with Gasteiger partial charge in [-0.2, -0.15) is 0 Å². The first-order valence-corrected chi connectivity index (χ1v) is 14.6. The number of benzene rings is 2. The summed E-state index contributed by atoms with van der Waals surface area (Å²) in [7, 11) is 0. The number of halogens is 1. The van der Waals surface area contributed by atoms with Crippen molar-refractivity contribution in [1.82, 2.24) is 5.32 Å². The predicted molar refractivity (Wildman–Crippen MR) is 159 cm³/mol. The van der Waals surface area contributed by atoms with Gasteiger partial charge in [-0.05, 0) is 50.6 Å². The second-order valence-electron chi connectivity index (χ2n) is 11.8. The van der Waals surface area contributed by atoms with Crippen molar-refractivity contribution in [3.05, 3.63) is 65.0 Å². The van der Waals surface area contributed by atoms with Gasteiger partial charge in [0.15, 0.2) is 5.60 Å². The van der Waals surface area contributed by atoms with Crippen LogP contribution in [0.15, 0.2) is 53.2 Å². The highest BCUT2D eigenvalue weighted by atomic mass is 19.1. The van der Waals surface area contributed by atoms with Gasteiger partial charge in [-0.3, -0.25) is 4.79 Å². The van der Waals surface area contributed by atoms with Crippen LogP contribution in [0.2, 0.25) is 0 Å². The molecule has 2 aromatic carbocycles. The molecule has 1 amide bonds. The summed E-state index contributed by atoms with van der Waals surface area (Å²) in [4.78, 5) is 18.1. The number of hydrogen-bond donors (Lipinski definition) is 7. The summed E-state index contributed by atoms with van der Waals surface area (Å²) >= 11 is 0. The van der Waals surface area contributed by atoms with Crippen LogP contribution in [0, 0.1) is 5.82 Å². The van der Waals surface area contributed by atoms with Gasteiger partial charge >= 0.3 is 0 Å². The number of carbonyl (C=O) groups is 1. The van der Waals surface area contributed by atoms with E-state index in [-0.39, 0.29) is 36.1 Å². The average Bonchev–Trinajstić information content (AvgIpc) is 3.60. The molecule has 250 valence electrons. The fraction of sp³-hybridized carbons (Fsp3) is 0.484. The number of fused-ring (bicyclic) bond motifs is 1. The molecule has 2 heterocycles. The van der Waals surface area contributed by atoms with Crippen molar-refractivity contribution >= 4 is 23.4 Å². The summed E-state index contributed by atoms with van der Waals surface area (Å²) < 4.78 is 36.0. The molecule has 0 bridgehead atoms. The fourth-order valence-corrected chi connectivity index (χ4v) is 5.55. The molecule has 14 nitrogen and oxygen atoms in total. The number of aliphatic hydroxyl groups is 5. The van der Waals surface area contributed by atoms with Crippen LogP contribution in [0.25, 0.3) is 6.08 Å². The minimum absolute atomic E-state index is 0.124. The number of oxime groups is 1. The number of amides is 1. The maximum atomic E-state index is 13.8. The summed E-state index contributed by atoms with van der Waals surface area (Å²) in [6.45, 7) is 4.06. The van der Waals surface area contributed by atoms with Crippen LogP contribution in [0.4, 0.5) is 10.1 Å². The first-order chi connectivity index (χ1) is 21.8. The molecule has 46 heavy (non-hydrogen) atoms. The van der Waals surface area contributed by atoms with Crippen LogP contribution in [-0.4, -0.2) is 105 Å². The van der Waals surface area contributed by atoms with Crippen LogP contribution < -0.4 is 15.8 Å². The first-order valence-electron chi connectivity index (χ1n) is 14.6. The van der Waals surface area contributed by atoms with Crippen molar-refractivity contribution < 1.29 is 58.5 Å². The van der Waals surface area contributed by atoms with E-state index in [0.29, 0.717) is 11.1 Å². The third-order valence-electron chi connectivity index (χ3n) is 8.34. The first kappa shape index (κ1) is 33.7. The largest absolute Gasteiger partial charge is 0.459 e. The summed E-state index contributed by atoms with van der Waals surface area (Å²) in [5.41, 5.74) is 5.63. The van der Waals surface area contributed by atoms with E-state index in [9.17, 15) is 34.7 Å². The summed E-state index contributed by atoms with van der Waals surface area (Å²) in [6, 6.07) is 9.44. The Balaban J connectivity index is 1.21. The van der Waals surface area contributed by atoms with E-state index >= 15 is 0 Å². The number of anilines is 1. The quantitative estimate of drug-likeness (QED) is 0.0825. The molecule has 2 saturated heterocycles. The fourth-order valence-electron chi connectivity index (χ4n) is 5.55. The standard InChI is InChI=1S/C31H38FN3O11/c1-14(29(40)34-21-22(36)24(38)27-26(23(21)37)42-13-43-27)10-16-8-9-20(19(33)11-16)45-30-31(3,41)28(39)25(46-30)15(2)35-44-12-17-6-4-5-7-18(17)32/h4-11,21-28,30,36-39,41H,12-13,33H2,1-3H3,(H,34,40)/t21-,22+,23-,24-,25-,26+,27-,28-,30-,31+/m1/s1. The molecule has 1 saturated carbocycles. The third kappa shape index (κ3) is 6.72. The maximum Gasteiger partial charge on any atom is 0.247 e. The number of rotatable bonds is 9. The van der Waals surface area contributed by atoms with Gasteiger partial charge in [-0.15, -0.1) is 0 Å². The lowest BCUT2D eigenvalue weighted by atomic mass is 9.83. The van der Waals surface area contributed by atoms with Crippen LogP contribution in [0.3, 0.4) is 0 Å². The van der Waals surface area contributed by atoms with Crippen LogP contribution in [0.5, 0.6) is 5.75 Å². The Hall–Kier alpha value is -3.67. The van der Waals surface area contributed by atoms with Crippen LogP contribution in [-0.2, 0) is 30.4 Å². The normalized spacial score (nSPS) is 34.7. The summed E-state index contributed by atoms with van der Waals surface area (Å²) in [6.07, 6.45) is -8.40. The molecule has 10 atom stereocenters. The van der Waals surface area contributed by atoms with Gasteiger partial charge in [-0.25, -0.2) is 4.39 Å². The van der Waals surface area contributed by atoms with Gasteiger partial charge in [0.25, 0.3) is 0 Å². The lowest BCUT2D eigenvalue weighted by Gasteiger charge is -2.41. The summed E-state index contributed by atoms with van der Waals surface area (Å²) in [5.74, 6) is -0.940. The number of nitrogens with two attached hydrogens (primary N) is 1. The van der Waals surface area contributed by atoms with Gasteiger partial charge in [0.1, 0.15) is 67.7 Å². The number of ether oxygens (including phenoxy) is 4.